The Kier molecular flexibility index (Phi) is 5.34. The van der Waals surface area contributed by atoms with Crippen molar-refractivity contribution in [3.8, 4) is 0 Å². The van der Waals surface area contributed by atoms with Crippen molar-refractivity contribution < 1.29 is 9.16 Å². The van der Waals surface area contributed by atoms with E-state index in [9.17, 15) is 0 Å². The maximum atomic E-state index is 5.71. The van der Waals surface area contributed by atoms with Gasteiger partial charge in [-0.1, -0.05) is 0 Å². The Labute approximate surface area is 75.0 Å². The fraction of sp³-hybridized carbons (Fsp3) is 1.00. The maximum absolute atomic E-state index is 5.71. The summed E-state index contributed by atoms with van der Waals surface area (Å²) in [6, 6.07) is 0. The molecule has 0 rings (SSSR count). The quantitative estimate of drug-likeness (QED) is 0.495. The highest BCUT2D eigenvalue weighted by molar-refractivity contribution is 6.69. The highest BCUT2D eigenvalue weighted by Gasteiger charge is 2.20. The molecular weight excluding hydrogens is 180 g/mol. The van der Waals surface area contributed by atoms with Crippen LogP contribution < -0.4 is 0 Å². The molecule has 11 heavy (non-hydrogen) atoms. The molecule has 0 spiro atoms. The first-order valence-corrected chi connectivity index (χ1v) is 7.66. The fourth-order valence-corrected chi connectivity index (χ4v) is 2.21. The van der Waals surface area contributed by atoms with Crippen molar-refractivity contribution in [3.63, 3.8) is 0 Å². The second-order valence-corrected chi connectivity index (χ2v) is 8.23. The predicted octanol–water partition coefficient (Wildman–Crippen LogP) is 2.09. The van der Waals surface area contributed by atoms with Crippen molar-refractivity contribution in [2.45, 2.75) is 25.7 Å². The molecule has 0 amide bonds. The molecule has 0 saturated heterocycles. The Morgan fingerprint density at radius 1 is 1.36 bits per heavy atom. The molecule has 0 aliphatic carbocycles. The third kappa shape index (κ3) is 6.81. The molecule has 0 aromatic heterocycles. The Balaban J connectivity index is 3.68. The van der Waals surface area contributed by atoms with Crippen LogP contribution in [0.1, 0.15) is 0 Å². The van der Waals surface area contributed by atoms with Crippen LogP contribution in [0.15, 0.2) is 0 Å². The highest BCUT2D eigenvalue weighted by Crippen LogP contribution is 2.08. The van der Waals surface area contributed by atoms with E-state index in [1.165, 1.54) is 0 Å². The van der Waals surface area contributed by atoms with Gasteiger partial charge < -0.3 is 9.16 Å². The SMILES string of the molecule is COCC(CCl)O[Si](C)(C)C. The molecule has 0 N–H and O–H groups in total. The van der Waals surface area contributed by atoms with E-state index in [0.29, 0.717) is 12.5 Å². The van der Waals surface area contributed by atoms with Gasteiger partial charge in [0.25, 0.3) is 0 Å². The molecule has 0 aliphatic rings. The van der Waals surface area contributed by atoms with Crippen LogP contribution in [-0.4, -0.2) is 34.0 Å². The van der Waals surface area contributed by atoms with Gasteiger partial charge in [-0.3, -0.25) is 0 Å². The molecule has 2 nitrogen and oxygen atoms in total. The van der Waals surface area contributed by atoms with E-state index in [0.717, 1.165) is 0 Å². The Hall–Kier alpha value is 0.427. The Morgan fingerprint density at radius 3 is 2.18 bits per heavy atom. The number of methoxy groups -OCH3 is 1. The number of rotatable bonds is 5. The van der Waals surface area contributed by atoms with Crippen LogP contribution in [0.5, 0.6) is 0 Å². The van der Waals surface area contributed by atoms with Gasteiger partial charge in [-0.05, 0) is 19.6 Å². The zero-order valence-corrected chi connectivity index (χ0v) is 9.44. The summed E-state index contributed by atoms with van der Waals surface area (Å²) in [6.45, 7) is 7.01. The lowest BCUT2D eigenvalue weighted by Gasteiger charge is -2.24. The zero-order chi connectivity index (χ0) is 8.91. The van der Waals surface area contributed by atoms with Gasteiger partial charge in [0.1, 0.15) is 0 Å². The summed E-state index contributed by atoms with van der Waals surface area (Å²) in [5, 5.41) is 0. The van der Waals surface area contributed by atoms with Crippen LogP contribution in [0.25, 0.3) is 0 Å². The van der Waals surface area contributed by atoms with Gasteiger partial charge in [-0.2, -0.15) is 0 Å². The fourth-order valence-electron chi connectivity index (χ4n) is 0.796. The number of alkyl halides is 1. The van der Waals surface area contributed by atoms with Crippen LogP contribution >= 0.6 is 11.6 Å². The van der Waals surface area contributed by atoms with Gasteiger partial charge in [0, 0.05) is 13.0 Å². The number of hydrogen-bond acceptors (Lipinski definition) is 2. The minimum atomic E-state index is -1.44. The first kappa shape index (κ1) is 11.4. The smallest absolute Gasteiger partial charge is 0.184 e. The molecule has 1 atom stereocenters. The lowest BCUT2D eigenvalue weighted by atomic mass is 10.4. The van der Waals surface area contributed by atoms with Crippen molar-refractivity contribution in [2.75, 3.05) is 19.6 Å². The lowest BCUT2D eigenvalue weighted by Crippen LogP contribution is -2.35. The summed E-state index contributed by atoms with van der Waals surface area (Å²) in [5.41, 5.74) is 0. The minimum Gasteiger partial charge on any atom is -0.411 e. The second-order valence-electron chi connectivity index (χ2n) is 3.46. The van der Waals surface area contributed by atoms with Crippen molar-refractivity contribution in [1.82, 2.24) is 0 Å². The van der Waals surface area contributed by atoms with Crippen molar-refractivity contribution >= 4 is 19.9 Å². The molecular formula is C7H17ClO2Si. The lowest BCUT2D eigenvalue weighted by molar-refractivity contribution is 0.0896. The first-order chi connectivity index (χ1) is 4.99. The van der Waals surface area contributed by atoms with Gasteiger partial charge in [-0.15, -0.1) is 11.6 Å². The van der Waals surface area contributed by atoms with E-state index in [1.807, 2.05) is 0 Å². The zero-order valence-electron chi connectivity index (χ0n) is 7.69. The van der Waals surface area contributed by atoms with E-state index in [2.05, 4.69) is 19.6 Å². The Bertz CT molecular complexity index is 103. The average molecular weight is 197 g/mol. The summed E-state index contributed by atoms with van der Waals surface area (Å²) < 4.78 is 10.7. The molecule has 0 aromatic carbocycles. The highest BCUT2D eigenvalue weighted by atomic mass is 35.5. The van der Waals surface area contributed by atoms with Crippen LogP contribution in [0.2, 0.25) is 19.6 Å². The normalized spacial score (nSPS) is 15.0. The third-order valence-electron chi connectivity index (χ3n) is 1.04. The van der Waals surface area contributed by atoms with Gasteiger partial charge >= 0.3 is 0 Å². The summed E-state index contributed by atoms with van der Waals surface area (Å²) >= 11 is 5.67. The van der Waals surface area contributed by atoms with E-state index < -0.39 is 8.32 Å². The van der Waals surface area contributed by atoms with Crippen molar-refractivity contribution in [1.29, 1.82) is 0 Å². The van der Waals surface area contributed by atoms with Crippen molar-refractivity contribution in [3.05, 3.63) is 0 Å². The topological polar surface area (TPSA) is 18.5 Å². The van der Waals surface area contributed by atoms with E-state index in [-0.39, 0.29) is 6.10 Å². The largest absolute Gasteiger partial charge is 0.411 e. The molecule has 0 aliphatic heterocycles. The molecule has 0 radical (unpaired) electrons. The summed E-state index contributed by atoms with van der Waals surface area (Å²) in [4.78, 5) is 0. The van der Waals surface area contributed by atoms with Crippen molar-refractivity contribution in [2.24, 2.45) is 0 Å². The Morgan fingerprint density at radius 2 is 1.91 bits per heavy atom. The molecule has 0 fully saturated rings. The van der Waals surface area contributed by atoms with E-state index in [4.69, 9.17) is 20.8 Å². The first-order valence-electron chi connectivity index (χ1n) is 3.72. The minimum absolute atomic E-state index is 0.0633. The molecule has 0 bridgehead atoms. The maximum Gasteiger partial charge on any atom is 0.184 e. The van der Waals surface area contributed by atoms with Crippen LogP contribution in [0.4, 0.5) is 0 Å². The molecule has 0 saturated carbocycles. The van der Waals surface area contributed by atoms with Gasteiger partial charge in [0.15, 0.2) is 8.32 Å². The molecule has 0 aromatic rings. The van der Waals surface area contributed by atoms with E-state index >= 15 is 0 Å². The molecule has 4 heteroatoms. The van der Waals surface area contributed by atoms with Gasteiger partial charge in [0.05, 0.1) is 12.7 Å². The molecule has 0 heterocycles. The van der Waals surface area contributed by atoms with Crippen LogP contribution in [0, 0.1) is 0 Å². The summed E-state index contributed by atoms with van der Waals surface area (Å²) in [5.74, 6) is 0.512. The van der Waals surface area contributed by atoms with Crippen LogP contribution in [-0.2, 0) is 9.16 Å². The summed E-state index contributed by atoms with van der Waals surface area (Å²) in [6.07, 6.45) is 0.0633. The van der Waals surface area contributed by atoms with E-state index in [1.54, 1.807) is 7.11 Å². The predicted molar refractivity (Wildman–Crippen MR) is 50.8 cm³/mol. The number of hydrogen-bond donors (Lipinski definition) is 0. The van der Waals surface area contributed by atoms with Crippen LogP contribution in [0.3, 0.4) is 0 Å². The monoisotopic (exact) mass is 196 g/mol. The second kappa shape index (κ2) is 5.14. The van der Waals surface area contributed by atoms with Gasteiger partial charge in [0.2, 0.25) is 0 Å². The molecule has 1 unspecified atom stereocenters. The third-order valence-corrected chi connectivity index (χ3v) is 2.43. The summed E-state index contributed by atoms with van der Waals surface area (Å²) in [7, 11) is 0.217. The number of halogens is 1. The average Bonchev–Trinajstić information content (AvgIpc) is 1.84. The standard InChI is InChI=1S/C7H17ClO2Si/c1-9-6-7(5-8)10-11(2,3)4/h7H,5-6H2,1-4H3. The number of ether oxygens (including phenoxy) is 1. The molecule has 68 valence electrons. The van der Waals surface area contributed by atoms with Gasteiger partial charge in [-0.25, -0.2) is 0 Å².